The second-order valence-electron chi connectivity index (χ2n) is 6.14. The third kappa shape index (κ3) is 5.49. The average molecular weight is 366 g/mol. The summed E-state index contributed by atoms with van der Waals surface area (Å²) in [6.07, 6.45) is 0.136. The highest BCUT2D eigenvalue weighted by Crippen LogP contribution is 2.33. The van der Waals surface area contributed by atoms with Crippen molar-refractivity contribution in [3.8, 4) is 0 Å². The summed E-state index contributed by atoms with van der Waals surface area (Å²) in [6.45, 7) is 7.63. The standard InChI is InChI=1S/C17H23N3O2S2/c1-10(2)18-15(21)9-14(16(22)19-11(3)4)24-17-20-12-7-5-6-8-13(12)23-17/h5-8,10-11,14H,9H2,1-4H3,(H,18,21)(H,19,22). The van der Waals surface area contributed by atoms with E-state index in [-0.39, 0.29) is 30.3 Å². The van der Waals surface area contributed by atoms with Crippen molar-refractivity contribution in [1.29, 1.82) is 0 Å². The molecule has 0 saturated heterocycles. The summed E-state index contributed by atoms with van der Waals surface area (Å²) in [5.41, 5.74) is 0.916. The van der Waals surface area contributed by atoms with E-state index in [0.717, 1.165) is 14.6 Å². The first-order valence-corrected chi connectivity index (χ1v) is 9.66. The molecule has 2 rings (SSSR count). The molecule has 1 aromatic heterocycles. The number of para-hydroxylation sites is 1. The molecule has 0 aliphatic carbocycles. The molecule has 5 nitrogen and oxygen atoms in total. The number of hydrogen-bond acceptors (Lipinski definition) is 5. The second-order valence-corrected chi connectivity index (χ2v) is 8.62. The Labute approximate surface area is 150 Å². The summed E-state index contributed by atoms with van der Waals surface area (Å²) in [7, 11) is 0. The number of carbonyl (C=O) groups is 2. The Morgan fingerprint density at radius 1 is 1.12 bits per heavy atom. The number of aromatic nitrogens is 1. The number of hydrogen-bond donors (Lipinski definition) is 2. The Balaban J connectivity index is 2.14. The van der Waals surface area contributed by atoms with Crippen LogP contribution in [0.25, 0.3) is 10.2 Å². The van der Waals surface area contributed by atoms with E-state index >= 15 is 0 Å². The number of fused-ring (bicyclic) bond motifs is 1. The normalized spacial score (nSPS) is 12.6. The van der Waals surface area contributed by atoms with Gasteiger partial charge in [-0.3, -0.25) is 9.59 Å². The van der Waals surface area contributed by atoms with Gasteiger partial charge < -0.3 is 10.6 Å². The highest BCUT2D eigenvalue weighted by molar-refractivity contribution is 8.02. The zero-order valence-corrected chi connectivity index (χ0v) is 16.0. The molecule has 1 unspecified atom stereocenters. The van der Waals surface area contributed by atoms with Gasteiger partial charge >= 0.3 is 0 Å². The zero-order valence-electron chi connectivity index (χ0n) is 14.3. The van der Waals surface area contributed by atoms with Gasteiger partial charge in [-0.2, -0.15) is 0 Å². The van der Waals surface area contributed by atoms with Crippen molar-refractivity contribution in [1.82, 2.24) is 15.6 Å². The Morgan fingerprint density at radius 2 is 1.79 bits per heavy atom. The molecule has 0 saturated carbocycles. The van der Waals surface area contributed by atoms with Crippen molar-refractivity contribution in [2.75, 3.05) is 0 Å². The Morgan fingerprint density at radius 3 is 2.42 bits per heavy atom. The quantitative estimate of drug-likeness (QED) is 0.739. The molecule has 1 heterocycles. The van der Waals surface area contributed by atoms with E-state index < -0.39 is 5.25 Å². The first-order chi connectivity index (χ1) is 11.3. The van der Waals surface area contributed by atoms with E-state index in [1.54, 1.807) is 11.3 Å². The minimum absolute atomic E-state index is 0.0316. The third-order valence-corrected chi connectivity index (χ3v) is 5.39. The monoisotopic (exact) mass is 365 g/mol. The third-order valence-electron chi connectivity index (χ3n) is 3.06. The topological polar surface area (TPSA) is 71.1 Å². The van der Waals surface area contributed by atoms with Gasteiger partial charge in [-0.25, -0.2) is 4.98 Å². The van der Waals surface area contributed by atoms with E-state index in [1.807, 2.05) is 52.0 Å². The molecule has 0 aliphatic rings. The molecule has 24 heavy (non-hydrogen) atoms. The molecule has 0 bridgehead atoms. The SMILES string of the molecule is CC(C)NC(=O)CC(Sc1nc2ccccc2s1)C(=O)NC(C)C. The summed E-state index contributed by atoms with van der Waals surface area (Å²) in [5, 5.41) is 5.24. The number of rotatable bonds is 7. The number of thioether (sulfide) groups is 1. The van der Waals surface area contributed by atoms with Crippen LogP contribution in [0, 0.1) is 0 Å². The van der Waals surface area contributed by atoms with E-state index in [2.05, 4.69) is 15.6 Å². The van der Waals surface area contributed by atoms with Crippen molar-refractivity contribution in [2.45, 2.75) is 55.8 Å². The van der Waals surface area contributed by atoms with Crippen molar-refractivity contribution in [3.05, 3.63) is 24.3 Å². The highest BCUT2D eigenvalue weighted by Gasteiger charge is 2.25. The lowest BCUT2D eigenvalue weighted by atomic mass is 10.2. The number of carbonyl (C=O) groups excluding carboxylic acids is 2. The molecule has 130 valence electrons. The fourth-order valence-corrected chi connectivity index (χ4v) is 4.45. The molecule has 2 N–H and O–H groups in total. The number of thiazole rings is 1. The van der Waals surface area contributed by atoms with Crippen molar-refractivity contribution >= 4 is 45.1 Å². The molecule has 1 aromatic carbocycles. The maximum absolute atomic E-state index is 12.5. The lowest BCUT2D eigenvalue weighted by molar-refractivity contribution is -0.126. The van der Waals surface area contributed by atoms with Gasteiger partial charge in [-0.15, -0.1) is 11.3 Å². The van der Waals surface area contributed by atoms with Gasteiger partial charge in [-0.05, 0) is 39.8 Å². The van der Waals surface area contributed by atoms with Crippen LogP contribution in [0.1, 0.15) is 34.1 Å². The van der Waals surface area contributed by atoms with Gasteiger partial charge in [0.25, 0.3) is 0 Å². The Hall–Kier alpha value is -1.60. The van der Waals surface area contributed by atoms with Gasteiger partial charge in [0.15, 0.2) is 4.34 Å². The van der Waals surface area contributed by atoms with E-state index in [4.69, 9.17) is 0 Å². The van der Waals surface area contributed by atoms with Crippen molar-refractivity contribution in [2.24, 2.45) is 0 Å². The summed E-state index contributed by atoms with van der Waals surface area (Å²) in [6, 6.07) is 7.95. The van der Waals surface area contributed by atoms with E-state index in [0.29, 0.717) is 0 Å². The lowest BCUT2D eigenvalue weighted by Gasteiger charge is -2.17. The van der Waals surface area contributed by atoms with Crippen LogP contribution in [0.4, 0.5) is 0 Å². The predicted molar refractivity (Wildman–Crippen MR) is 100 cm³/mol. The first-order valence-electron chi connectivity index (χ1n) is 7.97. The maximum Gasteiger partial charge on any atom is 0.234 e. The first kappa shape index (κ1) is 18.7. The molecule has 2 aromatic rings. The number of nitrogens with one attached hydrogen (secondary N) is 2. The van der Waals surface area contributed by atoms with Crippen LogP contribution in [-0.4, -0.2) is 34.1 Å². The molecule has 0 aliphatic heterocycles. The molecule has 0 radical (unpaired) electrons. The largest absolute Gasteiger partial charge is 0.354 e. The molecule has 0 spiro atoms. The lowest BCUT2D eigenvalue weighted by Crippen LogP contribution is -2.41. The van der Waals surface area contributed by atoms with Gasteiger partial charge in [0, 0.05) is 18.5 Å². The summed E-state index contributed by atoms with van der Waals surface area (Å²) >= 11 is 2.90. The summed E-state index contributed by atoms with van der Waals surface area (Å²) < 4.78 is 1.88. The summed E-state index contributed by atoms with van der Waals surface area (Å²) in [4.78, 5) is 29.1. The fourth-order valence-electron chi connectivity index (χ4n) is 2.14. The maximum atomic E-state index is 12.5. The van der Waals surface area contributed by atoms with Gasteiger partial charge in [-0.1, -0.05) is 23.9 Å². The molecule has 1 atom stereocenters. The van der Waals surface area contributed by atoms with E-state index in [1.165, 1.54) is 11.8 Å². The fraction of sp³-hybridized carbons (Fsp3) is 0.471. The highest BCUT2D eigenvalue weighted by atomic mass is 32.2. The van der Waals surface area contributed by atoms with E-state index in [9.17, 15) is 9.59 Å². The van der Waals surface area contributed by atoms with Crippen LogP contribution in [0.2, 0.25) is 0 Å². The van der Waals surface area contributed by atoms with Crippen LogP contribution in [0.5, 0.6) is 0 Å². The molecular weight excluding hydrogens is 342 g/mol. The zero-order chi connectivity index (χ0) is 17.7. The van der Waals surface area contributed by atoms with Crippen LogP contribution in [0.15, 0.2) is 28.6 Å². The number of amides is 2. The number of benzene rings is 1. The molecule has 0 fully saturated rings. The second kappa shape index (κ2) is 8.48. The summed E-state index contributed by atoms with van der Waals surface area (Å²) in [5.74, 6) is -0.254. The number of nitrogens with zero attached hydrogens (tertiary/aromatic N) is 1. The van der Waals surface area contributed by atoms with Gasteiger partial charge in [0.1, 0.15) is 0 Å². The van der Waals surface area contributed by atoms with Crippen LogP contribution in [0.3, 0.4) is 0 Å². The van der Waals surface area contributed by atoms with Crippen LogP contribution in [-0.2, 0) is 9.59 Å². The Bertz CT molecular complexity index is 680. The minimum Gasteiger partial charge on any atom is -0.354 e. The smallest absolute Gasteiger partial charge is 0.234 e. The van der Waals surface area contributed by atoms with Crippen LogP contribution < -0.4 is 10.6 Å². The Kier molecular flexibility index (Phi) is 6.62. The molecular formula is C17H23N3O2S2. The average Bonchev–Trinajstić information content (AvgIpc) is 2.87. The van der Waals surface area contributed by atoms with Crippen molar-refractivity contribution in [3.63, 3.8) is 0 Å². The van der Waals surface area contributed by atoms with Crippen molar-refractivity contribution < 1.29 is 9.59 Å². The predicted octanol–water partition coefficient (Wildman–Crippen LogP) is 3.20. The minimum atomic E-state index is -0.494. The molecule has 7 heteroatoms. The molecule has 2 amide bonds. The van der Waals surface area contributed by atoms with Gasteiger partial charge in [0.2, 0.25) is 11.8 Å². The van der Waals surface area contributed by atoms with Gasteiger partial charge in [0.05, 0.1) is 15.5 Å². The van der Waals surface area contributed by atoms with Crippen LogP contribution >= 0.6 is 23.1 Å².